The smallest absolute Gasteiger partial charge is 0.211 e. The van der Waals surface area contributed by atoms with E-state index in [0.29, 0.717) is 24.4 Å². The molecule has 2 aliphatic heterocycles. The Bertz CT molecular complexity index is 547. The molecule has 0 saturated carbocycles. The second-order valence-corrected chi connectivity index (χ2v) is 9.62. The molecule has 2 fully saturated rings. The number of likely N-dealkylation sites (tertiary alicyclic amines) is 1. The van der Waals surface area contributed by atoms with Crippen LogP contribution in [0.3, 0.4) is 0 Å². The van der Waals surface area contributed by atoms with Crippen LogP contribution in [0.4, 0.5) is 0 Å². The van der Waals surface area contributed by atoms with E-state index < -0.39 is 10.0 Å². The Morgan fingerprint density at radius 3 is 2.36 bits per heavy atom. The number of halogens is 1. The molecule has 6 nitrogen and oxygen atoms in total. The van der Waals surface area contributed by atoms with Gasteiger partial charge in [0.2, 0.25) is 10.0 Å². The van der Waals surface area contributed by atoms with Gasteiger partial charge in [-0.05, 0) is 43.9 Å². The van der Waals surface area contributed by atoms with E-state index in [2.05, 4.69) is 31.0 Å². The Balaban J connectivity index is 0.00000312. The highest BCUT2D eigenvalue weighted by molar-refractivity contribution is 14.0. The molecule has 2 heterocycles. The van der Waals surface area contributed by atoms with E-state index in [0.717, 1.165) is 45.0 Å². The third-order valence-electron chi connectivity index (χ3n) is 5.59. The van der Waals surface area contributed by atoms with Gasteiger partial charge in [-0.3, -0.25) is 4.99 Å². The van der Waals surface area contributed by atoms with Gasteiger partial charge in [-0.25, -0.2) is 12.7 Å². The zero-order valence-electron chi connectivity index (χ0n) is 16.1. The number of hydrogen-bond donors (Lipinski definition) is 1. The number of nitrogens with one attached hydrogen (secondary N) is 1. The minimum atomic E-state index is -3.04. The lowest BCUT2D eigenvalue weighted by molar-refractivity contribution is 0.279. The molecule has 1 N–H and O–H groups in total. The molecule has 0 aromatic heterocycles. The average molecular weight is 486 g/mol. The van der Waals surface area contributed by atoms with Crippen LogP contribution in [0.1, 0.15) is 46.5 Å². The van der Waals surface area contributed by atoms with E-state index in [9.17, 15) is 8.42 Å². The lowest BCUT2D eigenvalue weighted by atomic mass is 9.87. The first-order valence-corrected chi connectivity index (χ1v) is 11.1. The van der Waals surface area contributed by atoms with Crippen molar-refractivity contribution in [3.05, 3.63) is 0 Å². The molecule has 0 bridgehead atoms. The van der Waals surface area contributed by atoms with Crippen LogP contribution in [0, 0.1) is 11.3 Å². The van der Waals surface area contributed by atoms with E-state index in [-0.39, 0.29) is 24.0 Å². The van der Waals surface area contributed by atoms with Crippen LogP contribution in [0.5, 0.6) is 0 Å². The minimum absolute atomic E-state index is 0. The zero-order chi connectivity index (χ0) is 17.8. The Hall–Kier alpha value is -0.0900. The molecule has 25 heavy (non-hydrogen) atoms. The van der Waals surface area contributed by atoms with Crippen LogP contribution < -0.4 is 5.32 Å². The van der Waals surface area contributed by atoms with Gasteiger partial charge in [0.1, 0.15) is 0 Å². The first kappa shape index (κ1) is 23.0. The fourth-order valence-corrected chi connectivity index (χ4v) is 4.43. The highest BCUT2D eigenvalue weighted by Gasteiger charge is 2.33. The molecule has 148 valence electrons. The van der Waals surface area contributed by atoms with Gasteiger partial charge < -0.3 is 10.2 Å². The summed E-state index contributed by atoms with van der Waals surface area (Å²) >= 11 is 0. The van der Waals surface area contributed by atoms with Crippen molar-refractivity contribution in [3.8, 4) is 0 Å². The standard InChI is InChI=1S/C17H34N4O2S.HI/c1-5-17(3)9-12-20(14-17)16(18-6-2)19-13-15-7-10-21(11-8-15)24(4,22)23;/h15H,5-14H2,1-4H3,(H,18,19);1H. The number of hydrogen-bond acceptors (Lipinski definition) is 3. The molecule has 0 amide bonds. The van der Waals surface area contributed by atoms with Gasteiger partial charge >= 0.3 is 0 Å². The number of sulfonamides is 1. The van der Waals surface area contributed by atoms with E-state index in [1.165, 1.54) is 19.1 Å². The van der Waals surface area contributed by atoms with Crippen molar-refractivity contribution in [2.75, 3.05) is 45.5 Å². The van der Waals surface area contributed by atoms with Crippen LogP contribution >= 0.6 is 24.0 Å². The van der Waals surface area contributed by atoms with Crippen LogP contribution in [0.2, 0.25) is 0 Å². The summed E-state index contributed by atoms with van der Waals surface area (Å²) in [5, 5.41) is 3.43. The number of aliphatic imine (C=N–C) groups is 1. The second-order valence-electron chi connectivity index (χ2n) is 7.64. The van der Waals surface area contributed by atoms with Crippen LogP contribution in [-0.2, 0) is 10.0 Å². The fourth-order valence-electron chi connectivity index (χ4n) is 3.56. The Labute approximate surface area is 170 Å². The summed E-state index contributed by atoms with van der Waals surface area (Å²) in [6, 6.07) is 0. The number of rotatable bonds is 5. The topological polar surface area (TPSA) is 65.0 Å². The van der Waals surface area contributed by atoms with E-state index in [1.807, 2.05) is 0 Å². The van der Waals surface area contributed by atoms with Crippen LogP contribution in [0.15, 0.2) is 4.99 Å². The van der Waals surface area contributed by atoms with E-state index in [4.69, 9.17) is 4.99 Å². The Kier molecular flexibility index (Phi) is 8.93. The summed E-state index contributed by atoms with van der Waals surface area (Å²) in [7, 11) is -3.04. The minimum Gasteiger partial charge on any atom is -0.357 e. The van der Waals surface area contributed by atoms with Gasteiger partial charge in [0, 0.05) is 39.3 Å². The van der Waals surface area contributed by atoms with Gasteiger partial charge in [-0.2, -0.15) is 0 Å². The molecule has 0 aliphatic carbocycles. The highest BCUT2D eigenvalue weighted by atomic mass is 127. The molecule has 8 heteroatoms. The molecule has 0 radical (unpaired) electrons. The summed E-state index contributed by atoms with van der Waals surface area (Å²) in [5.74, 6) is 1.51. The number of piperidine rings is 1. The monoisotopic (exact) mass is 486 g/mol. The predicted octanol–water partition coefficient (Wildman–Crippen LogP) is 2.36. The van der Waals surface area contributed by atoms with Gasteiger partial charge in [0.25, 0.3) is 0 Å². The summed E-state index contributed by atoms with van der Waals surface area (Å²) in [6.07, 6.45) is 5.53. The van der Waals surface area contributed by atoms with Gasteiger partial charge in [0.05, 0.1) is 6.26 Å². The van der Waals surface area contributed by atoms with Crippen LogP contribution in [0.25, 0.3) is 0 Å². The molecule has 0 aromatic carbocycles. The van der Waals surface area contributed by atoms with E-state index >= 15 is 0 Å². The van der Waals surface area contributed by atoms with Gasteiger partial charge in [-0.15, -0.1) is 24.0 Å². The Morgan fingerprint density at radius 1 is 1.24 bits per heavy atom. The molecule has 1 atom stereocenters. The molecule has 2 rings (SSSR count). The summed E-state index contributed by atoms with van der Waals surface area (Å²) < 4.78 is 24.8. The summed E-state index contributed by atoms with van der Waals surface area (Å²) in [6.45, 7) is 11.8. The molecule has 2 saturated heterocycles. The third kappa shape index (κ3) is 6.53. The molecular weight excluding hydrogens is 451 g/mol. The lowest BCUT2D eigenvalue weighted by Gasteiger charge is -2.30. The predicted molar refractivity (Wildman–Crippen MR) is 115 cm³/mol. The van der Waals surface area contributed by atoms with Crippen molar-refractivity contribution in [1.29, 1.82) is 0 Å². The van der Waals surface area contributed by atoms with Crippen LogP contribution in [-0.4, -0.2) is 69.1 Å². The average Bonchev–Trinajstić information content (AvgIpc) is 2.94. The largest absolute Gasteiger partial charge is 0.357 e. The van der Waals surface area contributed by atoms with Crippen molar-refractivity contribution in [2.45, 2.75) is 46.5 Å². The molecule has 0 aromatic rings. The van der Waals surface area contributed by atoms with Crippen molar-refractivity contribution < 1.29 is 8.42 Å². The Morgan fingerprint density at radius 2 is 1.88 bits per heavy atom. The van der Waals surface area contributed by atoms with Crippen molar-refractivity contribution >= 4 is 40.0 Å². The van der Waals surface area contributed by atoms with E-state index in [1.54, 1.807) is 4.31 Å². The molecule has 2 aliphatic rings. The lowest BCUT2D eigenvalue weighted by Crippen LogP contribution is -2.42. The van der Waals surface area contributed by atoms with Gasteiger partial charge in [-0.1, -0.05) is 13.8 Å². The van der Waals surface area contributed by atoms with Crippen molar-refractivity contribution in [3.63, 3.8) is 0 Å². The normalized spacial score (nSPS) is 26.6. The third-order valence-corrected chi connectivity index (χ3v) is 6.89. The maximum atomic E-state index is 11.6. The SMILES string of the molecule is CCNC(=NCC1CCN(S(C)(=O)=O)CC1)N1CCC(C)(CC)C1.I. The van der Waals surface area contributed by atoms with Gasteiger partial charge in [0.15, 0.2) is 5.96 Å². The summed E-state index contributed by atoms with van der Waals surface area (Å²) in [4.78, 5) is 7.26. The second kappa shape index (κ2) is 9.73. The number of nitrogens with zero attached hydrogens (tertiary/aromatic N) is 3. The van der Waals surface area contributed by atoms with Crippen molar-refractivity contribution in [2.24, 2.45) is 16.3 Å². The first-order chi connectivity index (χ1) is 11.3. The molecule has 0 spiro atoms. The first-order valence-electron chi connectivity index (χ1n) is 9.26. The maximum absolute atomic E-state index is 11.6. The fraction of sp³-hybridized carbons (Fsp3) is 0.941. The molecule has 1 unspecified atom stereocenters. The molecular formula is C17H35IN4O2S. The summed E-state index contributed by atoms with van der Waals surface area (Å²) in [5.41, 5.74) is 0.400. The van der Waals surface area contributed by atoms with Crippen molar-refractivity contribution in [1.82, 2.24) is 14.5 Å². The number of guanidine groups is 1. The highest BCUT2D eigenvalue weighted by Crippen LogP contribution is 2.33. The zero-order valence-corrected chi connectivity index (χ0v) is 19.3. The maximum Gasteiger partial charge on any atom is 0.211 e. The quantitative estimate of drug-likeness (QED) is 0.368.